The molecule has 4 heteroatoms. The zero-order chi connectivity index (χ0) is 2.00. The summed E-state index contributed by atoms with van der Waals surface area (Å²) in [5, 5.41) is 0. The van der Waals surface area contributed by atoms with Crippen LogP contribution in [0, 0.1) is 0 Å². The van der Waals surface area contributed by atoms with Gasteiger partial charge in [0.05, 0.1) is 0 Å². The van der Waals surface area contributed by atoms with Crippen molar-refractivity contribution in [1.29, 1.82) is 0 Å². The van der Waals surface area contributed by atoms with Crippen LogP contribution >= 0.6 is 8.92 Å². The summed E-state index contributed by atoms with van der Waals surface area (Å²) < 4.78 is 0. The van der Waals surface area contributed by atoms with E-state index in [0.717, 1.165) is 22.4 Å². The fourth-order valence-corrected chi connectivity index (χ4v) is 0. The maximum atomic E-state index is 4.21. The Kier molecular flexibility index (Phi) is 66.6. The van der Waals surface area contributed by atoms with E-state index in [1.807, 2.05) is 0 Å². The summed E-state index contributed by atoms with van der Waals surface area (Å²) in [6.07, 6.45) is 0. The first-order valence-corrected chi connectivity index (χ1v) is 4.74. The first-order valence-electron chi connectivity index (χ1n) is 0.236. The minimum atomic E-state index is 0. The molecular weight excluding hydrogens is 289 g/mol. The van der Waals surface area contributed by atoms with Gasteiger partial charge in [-0.3, -0.25) is 0 Å². The van der Waals surface area contributed by atoms with Gasteiger partial charge in [0.15, 0.2) is 0 Å². The molecule has 0 rings (SSSR count). The molecule has 0 saturated carbocycles. The Labute approximate surface area is 82.9 Å². The molecule has 0 aromatic rings. The molecule has 0 heterocycles. The number of hydrogen-bond donors (Lipinski definition) is 0. The van der Waals surface area contributed by atoms with Gasteiger partial charge in [0.2, 0.25) is 0 Å². The second kappa shape index (κ2) is 16.9. The molecule has 0 amide bonds. The van der Waals surface area contributed by atoms with E-state index in [1.165, 1.54) is 0 Å². The van der Waals surface area contributed by atoms with Crippen LogP contribution in [0.25, 0.3) is 0 Å². The van der Waals surface area contributed by atoms with Crippen LogP contribution in [0.15, 0.2) is 0 Å². The Morgan fingerprint density at radius 3 is 1.25 bits per heavy atom. The monoisotopic (exact) mass is 290 g/mol. The van der Waals surface area contributed by atoms with E-state index < -0.39 is 0 Å². The van der Waals surface area contributed by atoms with Crippen LogP contribution in [-0.2, 0) is 0 Å². The van der Waals surface area contributed by atoms with Gasteiger partial charge in [0.1, 0.15) is 0 Å². The van der Waals surface area contributed by atoms with Crippen molar-refractivity contribution >= 4 is 84.7 Å². The molecule has 0 bridgehead atoms. The minimum absolute atomic E-state index is 0. The van der Waals surface area contributed by atoms with Gasteiger partial charge in [-0.05, 0) is 0 Å². The van der Waals surface area contributed by atoms with Gasteiger partial charge in [-0.25, -0.2) is 0 Å². The Balaban J connectivity index is -0.00000000500. The second-order valence-electron chi connectivity index (χ2n) is 0. The average Bonchev–Trinajstić information content (AvgIpc) is 1.00. The Morgan fingerprint density at radius 2 is 1.25 bits per heavy atom. The molecule has 0 nitrogen and oxygen atoms in total. The van der Waals surface area contributed by atoms with E-state index in [2.05, 4.69) is 8.92 Å². The summed E-state index contributed by atoms with van der Waals surface area (Å²) in [7, 11) is 4.21. The first kappa shape index (κ1) is 15.8. The molecule has 0 spiro atoms. The van der Waals surface area contributed by atoms with Gasteiger partial charge in [-0.2, -0.15) is 0 Å². The fourth-order valence-electron chi connectivity index (χ4n) is 0. The molecule has 14 valence electrons. The SMILES string of the molecule is [Na].[S]=[In].[Sn]. The van der Waals surface area contributed by atoms with E-state index in [4.69, 9.17) is 0 Å². The van der Waals surface area contributed by atoms with E-state index in [1.54, 1.807) is 0 Å². The van der Waals surface area contributed by atoms with Gasteiger partial charge in [-0.15, -0.1) is 0 Å². The fraction of sp³-hybridized carbons (Fsp3) is 0. The molecule has 0 fully saturated rings. The van der Waals surface area contributed by atoms with Crippen molar-refractivity contribution in [3.63, 3.8) is 0 Å². The molecule has 0 saturated heterocycles. The molecule has 0 aliphatic rings. The van der Waals surface area contributed by atoms with Crippen LogP contribution < -0.4 is 0 Å². The maximum absolute atomic E-state index is 4.21. The van der Waals surface area contributed by atoms with Crippen molar-refractivity contribution in [3.05, 3.63) is 0 Å². The zero-order valence-corrected chi connectivity index (χ0v) is 11.5. The third-order valence-electron chi connectivity index (χ3n) is 0. The predicted molar refractivity (Wildman–Crippen MR) is 24.9 cm³/mol. The third kappa shape index (κ3) is 8.86. The van der Waals surface area contributed by atoms with E-state index >= 15 is 0 Å². The van der Waals surface area contributed by atoms with Gasteiger partial charge >= 0.3 is 31.3 Å². The van der Waals surface area contributed by atoms with Crippen molar-refractivity contribution < 1.29 is 0 Å². The van der Waals surface area contributed by atoms with Gasteiger partial charge in [0.25, 0.3) is 0 Å². The predicted octanol–water partition coefficient (Wildman–Crippen LogP) is -0.494. The van der Waals surface area contributed by atoms with Crippen LogP contribution in [-0.4, -0.2) is 75.8 Å². The van der Waals surface area contributed by atoms with Crippen molar-refractivity contribution in [2.75, 3.05) is 0 Å². The molecule has 0 N–H and O–H groups in total. The largest absolute Gasteiger partial charge is 0 e. The molecule has 0 aromatic heterocycles. The molecule has 0 aliphatic carbocycles. The topological polar surface area (TPSA) is 0 Å². The maximum Gasteiger partial charge on any atom is 0 e. The smallest absolute Gasteiger partial charge is 0 e. The van der Waals surface area contributed by atoms with Crippen LogP contribution in [0.5, 0.6) is 0 Å². The molecule has 0 atom stereocenters. The van der Waals surface area contributed by atoms with Gasteiger partial charge < -0.3 is 0 Å². The van der Waals surface area contributed by atoms with E-state index in [0.29, 0.717) is 0 Å². The Bertz CT molecular complexity index is 8.00. The van der Waals surface area contributed by atoms with Crippen LogP contribution in [0.1, 0.15) is 0 Å². The molecule has 0 unspecified atom stereocenters. The minimum Gasteiger partial charge on any atom is 0 e. The van der Waals surface area contributed by atoms with Crippen molar-refractivity contribution in [3.8, 4) is 0 Å². The summed E-state index contributed by atoms with van der Waals surface area (Å²) in [4.78, 5) is 0. The Hall–Kier alpha value is 2.89. The number of rotatable bonds is 0. The van der Waals surface area contributed by atoms with Gasteiger partial charge in [-0.1, -0.05) is 0 Å². The van der Waals surface area contributed by atoms with Crippen molar-refractivity contribution in [2.45, 2.75) is 0 Å². The standard InChI is InChI=1S/In.Na.S.Sn. The molecule has 0 aliphatic heterocycles. The van der Waals surface area contributed by atoms with E-state index in [-0.39, 0.29) is 53.5 Å². The number of hydrogen-bond acceptors (Lipinski definition) is 1. The average molecular weight is 289 g/mol. The van der Waals surface area contributed by atoms with E-state index in [9.17, 15) is 0 Å². The summed E-state index contributed by atoms with van der Waals surface area (Å²) >= 11 is 0.933. The van der Waals surface area contributed by atoms with Crippen molar-refractivity contribution in [2.24, 2.45) is 0 Å². The molecule has 6 radical (unpaired) electrons. The van der Waals surface area contributed by atoms with Crippen LogP contribution in [0.3, 0.4) is 0 Å². The molecule has 0 aromatic carbocycles. The third-order valence-corrected chi connectivity index (χ3v) is 0. The zero-order valence-electron chi connectivity index (χ0n) is 2.49. The second-order valence-corrected chi connectivity index (χ2v) is 0. The van der Waals surface area contributed by atoms with Crippen LogP contribution in [0.4, 0.5) is 0 Å². The molecule has 4 heavy (non-hydrogen) atoms. The first-order chi connectivity index (χ1) is 1.00. The summed E-state index contributed by atoms with van der Waals surface area (Å²) in [5.74, 6) is 0. The normalized spacial score (nSPS) is 0.750. The molecular formula is InNaSSn. The quantitative estimate of drug-likeness (QED) is 0.542. The summed E-state index contributed by atoms with van der Waals surface area (Å²) in [6, 6.07) is 0. The summed E-state index contributed by atoms with van der Waals surface area (Å²) in [5.41, 5.74) is 0. The Morgan fingerprint density at radius 1 is 1.25 bits per heavy atom. The summed E-state index contributed by atoms with van der Waals surface area (Å²) in [6.45, 7) is 0. The van der Waals surface area contributed by atoms with Crippen LogP contribution in [0.2, 0.25) is 0 Å². The van der Waals surface area contributed by atoms with Crippen molar-refractivity contribution in [1.82, 2.24) is 0 Å². The van der Waals surface area contributed by atoms with Gasteiger partial charge in [0, 0.05) is 53.5 Å².